The van der Waals surface area contributed by atoms with Gasteiger partial charge in [-0.05, 0) is 60.4 Å². The predicted molar refractivity (Wildman–Crippen MR) is 124 cm³/mol. The molecule has 154 valence electrons. The van der Waals surface area contributed by atoms with Gasteiger partial charge in [0.05, 0.1) is 13.2 Å². The van der Waals surface area contributed by atoms with E-state index in [0.29, 0.717) is 13.2 Å². The summed E-state index contributed by atoms with van der Waals surface area (Å²) in [4.78, 5) is 8.15. The van der Waals surface area contributed by atoms with E-state index < -0.39 is 0 Å². The van der Waals surface area contributed by atoms with E-state index in [1.807, 2.05) is 24.3 Å². The minimum atomic E-state index is 0.665. The van der Waals surface area contributed by atoms with Gasteiger partial charge in [0.25, 0.3) is 0 Å². The molecule has 4 nitrogen and oxygen atoms in total. The second kappa shape index (κ2) is 11.6. The van der Waals surface area contributed by atoms with Gasteiger partial charge >= 0.3 is 0 Å². The lowest BCUT2D eigenvalue weighted by molar-refractivity contribution is 0.307. The molecule has 0 bridgehead atoms. The van der Waals surface area contributed by atoms with E-state index in [0.717, 1.165) is 46.6 Å². The summed E-state index contributed by atoms with van der Waals surface area (Å²) in [6.07, 6.45) is 17.3. The Bertz CT molecular complexity index is 886. The summed E-state index contributed by atoms with van der Waals surface area (Å²) in [6, 6.07) is 12.0. The number of benzene rings is 1. The topological polar surface area (TPSA) is 44.2 Å². The Morgan fingerprint density at radius 2 is 1.03 bits per heavy atom. The molecule has 3 aromatic rings. The third-order valence-corrected chi connectivity index (χ3v) is 4.39. The zero-order valence-electron chi connectivity index (χ0n) is 17.6. The van der Waals surface area contributed by atoms with Gasteiger partial charge in [-0.3, -0.25) is 9.97 Å². The largest absolute Gasteiger partial charge is 0.493 e. The van der Waals surface area contributed by atoms with Gasteiger partial charge in [-0.15, -0.1) is 0 Å². The van der Waals surface area contributed by atoms with Gasteiger partial charge in [0.2, 0.25) is 0 Å². The molecule has 4 heteroatoms. The highest BCUT2D eigenvalue weighted by Gasteiger charge is 2.10. The molecule has 0 atom stereocenters. The van der Waals surface area contributed by atoms with Crippen molar-refractivity contribution in [3.05, 3.63) is 83.4 Å². The highest BCUT2D eigenvalue weighted by atomic mass is 16.5. The molecule has 0 fully saturated rings. The first kappa shape index (κ1) is 21.3. The molecule has 2 heterocycles. The van der Waals surface area contributed by atoms with Crippen LogP contribution in [0, 0.1) is 0 Å². The van der Waals surface area contributed by atoms with Crippen molar-refractivity contribution in [2.45, 2.75) is 26.7 Å². The van der Waals surface area contributed by atoms with Gasteiger partial charge in [0.15, 0.2) is 0 Å². The van der Waals surface area contributed by atoms with Crippen molar-refractivity contribution >= 4 is 24.3 Å². The second-order valence-corrected chi connectivity index (χ2v) is 6.85. The maximum atomic E-state index is 6.06. The fourth-order valence-electron chi connectivity index (χ4n) is 2.85. The number of hydrogen-bond acceptors (Lipinski definition) is 4. The third kappa shape index (κ3) is 6.31. The van der Waals surface area contributed by atoms with Crippen molar-refractivity contribution in [1.29, 1.82) is 0 Å². The SMILES string of the molecule is CCCOc1cc(/C=C/c2ccncc2)c(OCCC)cc1/C=C/c1ccncc1. The number of aromatic nitrogens is 2. The molecule has 0 unspecified atom stereocenters. The lowest BCUT2D eigenvalue weighted by Crippen LogP contribution is -2.01. The fraction of sp³-hybridized carbons (Fsp3) is 0.231. The molecular formula is C26H28N2O2. The van der Waals surface area contributed by atoms with Crippen LogP contribution in [0.15, 0.2) is 61.2 Å². The third-order valence-electron chi connectivity index (χ3n) is 4.39. The molecule has 0 N–H and O–H groups in total. The first-order valence-corrected chi connectivity index (χ1v) is 10.4. The van der Waals surface area contributed by atoms with E-state index >= 15 is 0 Å². The quantitative estimate of drug-likeness (QED) is 0.395. The van der Waals surface area contributed by atoms with Crippen LogP contribution in [-0.2, 0) is 0 Å². The van der Waals surface area contributed by atoms with Crippen molar-refractivity contribution in [3.8, 4) is 11.5 Å². The minimum absolute atomic E-state index is 0.665. The number of nitrogens with zero attached hydrogens (tertiary/aromatic N) is 2. The molecule has 0 saturated heterocycles. The standard InChI is InChI=1S/C26H28N2O2/c1-3-17-29-25-19-24(8-6-22-11-15-28-16-12-22)26(30-18-4-2)20-23(25)7-5-21-9-13-27-14-10-21/h5-16,19-20H,3-4,17-18H2,1-2H3/b7-5+,8-6+. The molecule has 0 radical (unpaired) electrons. The Kier molecular flexibility index (Phi) is 8.22. The second-order valence-electron chi connectivity index (χ2n) is 6.85. The molecule has 2 aromatic heterocycles. The highest BCUT2D eigenvalue weighted by molar-refractivity contribution is 5.78. The average Bonchev–Trinajstić information content (AvgIpc) is 2.80. The van der Waals surface area contributed by atoms with Crippen molar-refractivity contribution in [2.24, 2.45) is 0 Å². The maximum Gasteiger partial charge on any atom is 0.127 e. The van der Waals surface area contributed by atoms with Crippen molar-refractivity contribution in [1.82, 2.24) is 9.97 Å². The van der Waals surface area contributed by atoms with Crippen molar-refractivity contribution in [2.75, 3.05) is 13.2 Å². The van der Waals surface area contributed by atoms with Crippen LogP contribution in [0.5, 0.6) is 11.5 Å². The molecule has 0 saturated carbocycles. The zero-order chi connectivity index (χ0) is 21.0. The first-order chi connectivity index (χ1) is 14.8. The Morgan fingerprint density at radius 1 is 0.633 bits per heavy atom. The van der Waals surface area contributed by atoms with Crippen LogP contribution in [0.2, 0.25) is 0 Å². The monoisotopic (exact) mass is 400 g/mol. The van der Waals surface area contributed by atoms with E-state index in [-0.39, 0.29) is 0 Å². The molecule has 0 aliphatic heterocycles. The van der Waals surface area contributed by atoms with E-state index in [9.17, 15) is 0 Å². The van der Waals surface area contributed by atoms with Gasteiger partial charge in [-0.2, -0.15) is 0 Å². The van der Waals surface area contributed by atoms with Gasteiger partial charge in [-0.1, -0.05) is 38.2 Å². The molecule has 0 aliphatic rings. The molecule has 30 heavy (non-hydrogen) atoms. The lowest BCUT2D eigenvalue weighted by Gasteiger charge is -2.15. The van der Waals surface area contributed by atoms with Crippen molar-refractivity contribution in [3.63, 3.8) is 0 Å². The number of pyridine rings is 2. The maximum absolute atomic E-state index is 6.06. The Morgan fingerprint density at radius 3 is 1.40 bits per heavy atom. The fourth-order valence-corrected chi connectivity index (χ4v) is 2.85. The van der Waals surface area contributed by atoms with E-state index in [2.05, 4.69) is 60.3 Å². The number of ether oxygens (including phenoxy) is 2. The number of rotatable bonds is 10. The van der Waals surface area contributed by atoms with E-state index in [1.165, 1.54) is 0 Å². The lowest BCUT2D eigenvalue weighted by atomic mass is 10.1. The van der Waals surface area contributed by atoms with Gasteiger partial charge in [-0.25, -0.2) is 0 Å². The Hall–Kier alpha value is -3.40. The molecule has 0 spiro atoms. The molecular weight excluding hydrogens is 372 g/mol. The molecule has 0 aliphatic carbocycles. The Labute approximate surface area is 178 Å². The van der Waals surface area contributed by atoms with Crippen LogP contribution in [0.25, 0.3) is 24.3 Å². The molecule has 3 rings (SSSR count). The van der Waals surface area contributed by atoms with Gasteiger partial charge in [0, 0.05) is 35.9 Å². The highest BCUT2D eigenvalue weighted by Crippen LogP contribution is 2.32. The summed E-state index contributed by atoms with van der Waals surface area (Å²) in [6.45, 7) is 5.54. The minimum Gasteiger partial charge on any atom is -0.493 e. The zero-order valence-corrected chi connectivity index (χ0v) is 17.6. The summed E-state index contributed by atoms with van der Waals surface area (Å²) < 4.78 is 12.1. The smallest absolute Gasteiger partial charge is 0.127 e. The van der Waals surface area contributed by atoms with Crippen molar-refractivity contribution < 1.29 is 9.47 Å². The summed E-state index contributed by atoms with van der Waals surface area (Å²) in [7, 11) is 0. The summed E-state index contributed by atoms with van der Waals surface area (Å²) >= 11 is 0. The van der Waals surface area contributed by atoms with E-state index in [4.69, 9.17) is 9.47 Å². The van der Waals surface area contributed by atoms with Crippen LogP contribution >= 0.6 is 0 Å². The van der Waals surface area contributed by atoms with Gasteiger partial charge < -0.3 is 9.47 Å². The van der Waals surface area contributed by atoms with Crippen LogP contribution in [-0.4, -0.2) is 23.2 Å². The van der Waals surface area contributed by atoms with Crippen LogP contribution in [0.3, 0.4) is 0 Å². The Balaban J connectivity index is 1.98. The van der Waals surface area contributed by atoms with E-state index in [1.54, 1.807) is 24.8 Å². The first-order valence-electron chi connectivity index (χ1n) is 10.4. The van der Waals surface area contributed by atoms with Crippen LogP contribution in [0.4, 0.5) is 0 Å². The summed E-state index contributed by atoms with van der Waals surface area (Å²) in [5, 5.41) is 0. The molecule has 0 amide bonds. The summed E-state index contributed by atoms with van der Waals surface area (Å²) in [5.74, 6) is 1.70. The van der Waals surface area contributed by atoms with Crippen LogP contribution < -0.4 is 9.47 Å². The summed E-state index contributed by atoms with van der Waals surface area (Å²) in [5.41, 5.74) is 4.16. The average molecular weight is 401 g/mol. The predicted octanol–water partition coefficient (Wildman–Crippen LogP) is 6.40. The normalized spacial score (nSPS) is 11.3. The number of hydrogen-bond donors (Lipinski definition) is 0. The van der Waals surface area contributed by atoms with Crippen LogP contribution in [0.1, 0.15) is 48.9 Å². The molecule has 1 aromatic carbocycles. The van der Waals surface area contributed by atoms with Gasteiger partial charge in [0.1, 0.15) is 11.5 Å².